The normalized spacial score (nSPS) is 11.9. The van der Waals surface area contributed by atoms with Crippen molar-refractivity contribution in [3.63, 3.8) is 0 Å². The average Bonchev–Trinajstić information content (AvgIpc) is 1.88. The van der Waals surface area contributed by atoms with Crippen LogP contribution in [0.2, 0.25) is 5.02 Å². The molecule has 10 heavy (non-hydrogen) atoms. The summed E-state index contributed by atoms with van der Waals surface area (Å²) in [4.78, 5) is 0. The molecule has 1 N–H and O–H groups in total. The fraction of sp³-hybridized carbons (Fsp3) is 0. The molecule has 0 fully saturated rings. The molecule has 0 bridgehead atoms. The molecule has 0 aromatic heterocycles. The topological polar surface area (TPSA) is 20.2 Å². The number of hydrogen-bond donors (Lipinski definition) is 1. The summed E-state index contributed by atoms with van der Waals surface area (Å²) in [5, 5.41) is 10.5. The van der Waals surface area contributed by atoms with E-state index < -0.39 is 0 Å². The van der Waals surface area contributed by atoms with Crippen molar-refractivity contribution in [1.82, 2.24) is 0 Å². The Morgan fingerprint density at radius 1 is 1.50 bits per heavy atom. The molecule has 52 valence electrons. The highest BCUT2D eigenvalue weighted by Gasteiger charge is 1.88. The first kappa shape index (κ1) is 7.16. The van der Waals surface area contributed by atoms with Crippen LogP contribution in [0.5, 0.6) is 0 Å². The molecule has 0 spiro atoms. The van der Waals surface area contributed by atoms with Gasteiger partial charge in [0, 0.05) is 5.22 Å². The van der Waals surface area contributed by atoms with Crippen LogP contribution in [0.4, 0.5) is 0 Å². The van der Waals surface area contributed by atoms with Crippen LogP contribution in [0, 0.1) is 0 Å². The van der Waals surface area contributed by atoms with Gasteiger partial charge in [-0.2, -0.15) is 0 Å². The first-order chi connectivity index (χ1) is 4.75. The van der Waals surface area contributed by atoms with E-state index >= 15 is 0 Å². The summed E-state index contributed by atoms with van der Waals surface area (Å²) < 4.78 is 0. The molecule has 1 aromatic rings. The van der Waals surface area contributed by atoms with E-state index in [0.717, 1.165) is 11.5 Å². The summed E-state index contributed by atoms with van der Waals surface area (Å²) in [5.41, 5.74) is 0. The van der Waals surface area contributed by atoms with E-state index in [-0.39, 0.29) is 0 Å². The highest BCUT2D eigenvalue weighted by Crippen LogP contribution is 1.95. The fourth-order valence-corrected chi connectivity index (χ4v) is 0.969. The Morgan fingerprint density at radius 3 is 2.60 bits per heavy atom. The van der Waals surface area contributed by atoms with Crippen LogP contribution in [0.15, 0.2) is 18.2 Å². The van der Waals surface area contributed by atoms with Gasteiger partial charge in [0.15, 0.2) is 0 Å². The zero-order valence-corrected chi connectivity index (χ0v) is 6.10. The lowest BCUT2D eigenvalue weighted by molar-refractivity contribution is 0.540. The maximum absolute atomic E-state index is 8.65. The summed E-state index contributed by atoms with van der Waals surface area (Å²) in [6, 6.07) is 5.28. The second-order valence-electron chi connectivity index (χ2n) is 1.94. The van der Waals surface area contributed by atoms with E-state index in [1.165, 1.54) is 0 Å². The second-order valence-corrected chi connectivity index (χ2v) is 2.35. The minimum Gasteiger partial charge on any atom is -0.515 e. The van der Waals surface area contributed by atoms with E-state index in [4.69, 9.17) is 16.7 Å². The molecule has 0 aliphatic rings. The van der Waals surface area contributed by atoms with Gasteiger partial charge in [-0.1, -0.05) is 30.3 Å². The molecular weight excluding hydrogens is 148 g/mol. The van der Waals surface area contributed by atoms with Gasteiger partial charge in [-0.05, 0) is 11.3 Å². The quantitative estimate of drug-likeness (QED) is 0.592. The first-order valence-electron chi connectivity index (χ1n) is 2.83. The lowest BCUT2D eigenvalue weighted by Gasteiger charge is -1.89. The molecule has 1 aromatic carbocycles. The Labute approximate surface area is 63.9 Å². The van der Waals surface area contributed by atoms with Crippen LogP contribution in [-0.4, -0.2) is 5.11 Å². The van der Waals surface area contributed by atoms with Gasteiger partial charge in [-0.25, -0.2) is 0 Å². The van der Waals surface area contributed by atoms with Crippen molar-refractivity contribution >= 4 is 24.4 Å². The third-order valence-corrected chi connectivity index (χ3v) is 1.60. The first-order valence-corrected chi connectivity index (χ1v) is 3.21. The van der Waals surface area contributed by atoms with Crippen LogP contribution in [0.3, 0.4) is 0 Å². The zero-order chi connectivity index (χ0) is 7.56. The molecule has 2 heteroatoms. The predicted octanol–water partition coefficient (Wildman–Crippen LogP) is 1.05. The largest absolute Gasteiger partial charge is 0.515 e. The lowest BCUT2D eigenvalue weighted by atomic mass is 10.3. The molecule has 0 saturated carbocycles. The Kier molecular flexibility index (Phi) is 1.97. The summed E-state index contributed by atoms with van der Waals surface area (Å²) in [6.45, 7) is 3.68. The van der Waals surface area contributed by atoms with Crippen molar-refractivity contribution in [2.45, 2.75) is 0 Å². The highest BCUT2D eigenvalue weighted by molar-refractivity contribution is 6.30. The molecule has 0 amide bonds. The lowest BCUT2D eigenvalue weighted by Crippen LogP contribution is -2.23. The van der Waals surface area contributed by atoms with Crippen molar-refractivity contribution in [3.8, 4) is 0 Å². The van der Waals surface area contributed by atoms with Crippen LogP contribution >= 0.6 is 11.6 Å². The number of rotatable bonds is 0. The second kappa shape index (κ2) is 2.76. The van der Waals surface area contributed by atoms with Crippen LogP contribution in [0.25, 0.3) is 12.8 Å². The number of hydrogen-bond acceptors (Lipinski definition) is 1. The van der Waals surface area contributed by atoms with Gasteiger partial charge in [0.25, 0.3) is 0 Å². The molecular formula is C8H7ClO. The Bertz CT molecular complexity index is 330. The molecule has 0 heterocycles. The van der Waals surface area contributed by atoms with E-state index in [9.17, 15) is 0 Å². The smallest absolute Gasteiger partial charge is 0.0884 e. The molecule has 0 saturated heterocycles. The van der Waals surface area contributed by atoms with Crippen molar-refractivity contribution in [3.05, 3.63) is 33.7 Å². The van der Waals surface area contributed by atoms with E-state index in [2.05, 4.69) is 6.58 Å². The van der Waals surface area contributed by atoms with Gasteiger partial charge in [-0.15, -0.1) is 0 Å². The Balaban J connectivity index is 3.63. The predicted molar refractivity (Wildman–Crippen MR) is 43.3 cm³/mol. The maximum Gasteiger partial charge on any atom is 0.0884 e. The number of halogens is 1. The van der Waals surface area contributed by atoms with Gasteiger partial charge >= 0.3 is 0 Å². The molecule has 0 unspecified atom stereocenters. The van der Waals surface area contributed by atoms with Crippen molar-refractivity contribution in [1.29, 1.82) is 0 Å². The number of benzene rings is 1. The van der Waals surface area contributed by atoms with Gasteiger partial charge in [0.05, 0.1) is 11.3 Å². The molecule has 0 aliphatic carbocycles. The van der Waals surface area contributed by atoms with Crippen LogP contribution < -0.4 is 10.4 Å². The van der Waals surface area contributed by atoms with Gasteiger partial charge in [0.1, 0.15) is 0 Å². The van der Waals surface area contributed by atoms with Gasteiger partial charge in [-0.3, -0.25) is 0 Å². The molecule has 0 radical (unpaired) electrons. The van der Waals surface area contributed by atoms with Gasteiger partial charge in [0.2, 0.25) is 0 Å². The summed E-state index contributed by atoms with van der Waals surface area (Å²) in [6.07, 6.45) is 0.963. The monoisotopic (exact) mass is 154 g/mol. The van der Waals surface area contributed by atoms with E-state index in [0.29, 0.717) is 10.2 Å². The van der Waals surface area contributed by atoms with Crippen molar-refractivity contribution < 1.29 is 5.11 Å². The highest BCUT2D eigenvalue weighted by atomic mass is 35.5. The molecule has 1 rings (SSSR count). The zero-order valence-electron chi connectivity index (χ0n) is 5.34. The van der Waals surface area contributed by atoms with Crippen molar-refractivity contribution in [2.24, 2.45) is 0 Å². The minimum atomic E-state index is 0.523. The van der Waals surface area contributed by atoms with Crippen LogP contribution in [-0.2, 0) is 0 Å². The van der Waals surface area contributed by atoms with Crippen LogP contribution in [0.1, 0.15) is 0 Å². The van der Waals surface area contributed by atoms with Crippen molar-refractivity contribution in [2.75, 3.05) is 0 Å². The summed E-state index contributed by atoms with van der Waals surface area (Å²) in [5.74, 6) is 0. The minimum absolute atomic E-state index is 0.523. The molecule has 0 aliphatic heterocycles. The SMILES string of the molecule is C=c1cccc(Cl)c1=CO. The summed E-state index contributed by atoms with van der Waals surface area (Å²) >= 11 is 5.70. The fourth-order valence-electron chi connectivity index (χ4n) is 0.726. The molecule has 0 atom stereocenters. The molecule has 1 nitrogen and oxygen atoms in total. The third kappa shape index (κ3) is 1.14. The third-order valence-electron chi connectivity index (χ3n) is 1.27. The van der Waals surface area contributed by atoms with E-state index in [1.807, 2.05) is 0 Å². The maximum atomic E-state index is 8.65. The standard InChI is InChI=1S/C8H7ClO/c1-6-3-2-4-8(9)7(6)5-10/h2-5,10H,1H2. The number of aliphatic hydroxyl groups is 1. The summed E-state index contributed by atoms with van der Waals surface area (Å²) in [7, 11) is 0. The number of aliphatic hydroxyl groups excluding tert-OH is 1. The van der Waals surface area contributed by atoms with E-state index in [1.54, 1.807) is 18.2 Å². The Hall–Kier alpha value is -0.950. The van der Waals surface area contributed by atoms with Gasteiger partial charge < -0.3 is 5.11 Å². The Morgan fingerprint density at radius 2 is 2.20 bits per heavy atom. The average molecular weight is 155 g/mol.